The molecule has 100 valence electrons. The van der Waals surface area contributed by atoms with Crippen LogP contribution < -0.4 is 5.32 Å². The number of nitrogens with one attached hydrogen (secondary N) is 1. The molecule has 0 saturated heterocycles. The molecule has 0 spiro atoms. The van der Waals surface area contributed by atoms with Gasteiger partial charge in [-0.25, -0.2) is 4.98 Å². The van der Waals surface area contributed by atoms with E-state index in [-0.39, 0.29) is 5.56 Å². The number of pyridine rings is 1. The number of aryl methyl sites for hydroxylation is 1. The number of carbonyl (C=O) groups is 1. The van der Waals surface area contributed by atoms with Gasteiger partial charge in [-0.15, -0.1) is 10.2 Å². The number of hydrogen-bond acceptors (Lipinski definition) is 5. The summed E-state index contributed by atoms with van der Waals surface area (Å²) in [5.74, 6) is -1.41. The molecule has 0 aliphatic heterocycles. The van der Waals surface area contributed by atoms with E-state index in [0.717, 1.165) is 17.8 Å². The Labute approximate surface area is 121 Å². The van der Waals surface area contributed by atoms with E-state index < -0.39 is 11.9 Å². The Morgan fingerprint density at radius 1 is 1.53 bits per heavy atom. The first kappa shape index (κ1) is 14.0. The molecule has 8 heteroatoms. The van der Waals surface area contributed by atoms with Crippen LogP contribution in [0.15, 0.2) is 16.7 Å². The van der Waals surface area contributed by atoms with E-state index in [1.54, 1.807) is 0 Å². The fraction of sp³-hybridized carbons (Fsp3) is 0.273. The van der Waals surface area contributed by atoms with Gasteiger partial charge in [0, 0.05) is 17.1 Å². The second kappa shape index (κ2) is 6.16. The number of amides is 1. The van der Waals surface area contributed by atoms with Crippen LogP contribution in [0.3, 0.4) is 0 Å². The van der Waals surface area contributed by atoms with Crippen LogP contribution in [0.5, 0.6) is 0 Å². The second-order valence-corrected chi connectivity index (χ2v) is 5.67. The zero-order valence-corrected chi connectivity index (χ0v) is 12.4. The van der Waals surface area contributed by atoms with Gasteiger partial charge in [-0.05, 0) is 28.4 Å². The lowest BCUT2D eigenvalue weighted by atomic mass is 10.2. The fourth-order valence-corrected chi connectivity index (χ4v) is 2.53. The second-order valence-electron chi connectivity index (χ2n) is 3.70. The predicted molar refractivity (Wildman–Crippen MR) is 73.8 cm³/mol. The molecule has 1 amide bonds. The summed E-state index contributed by atoms with van der Waals surface area (Å²) >= 11 is 4.42. The highest BCUT2D eigenvalue weighted by molar-refractivity contribution is 9.10. The largest absolute Gasteiger partial charge is 0.296 e. The Balaban J connectivity index is 2.13. The predicted octanol–water partition coefficient (Wildman–Crippen LogP) is 3.04. The highest BCUT2D eigenvalue weighted by atomic mass is 79.9. The number of aromatic nitrogens is 3. The van der Waals surface area contributed by atoms with E-state index in [1.807, 2.05) is 6.92 Å². The summed E-state index contributed by atoms with van der Waals surface area (Å²) in [6.45, 7) is 2.03. The summed E-state index contributed by atoms with van der Waals surface area (Å²) in [5, 5.41) is 11.5. The van der Waals surface area contributed by atoms with E-state index >= 15 is 0 Å². The maximum Gasteiger partial charge on any atom is 0.262 e. The average Bonchev–Trinajstić information content (AvgIpc) is 2.80. The molecule has 2 aromatic rings. The lowest BCUT2D eigenvalue weighted by Crippen LogP contribution is -2.14. The maximum absolute atomic E-state index is 13.4. The molecule has 0 saturated carbocycles. The van der Waals surface area contributed by atoms with Gasteiger partial charge in [0.25, 0.3) is 5.91 Å². The van der Waals surface area contributed by atoms with Gasteiger partial charge in [-0.2, -0.15) is 4.39 Å². The van der Waals surface area contributed by atoms with Crippen molar-refractivity contribution in [2.24, 2.45) is 0 Å². The first-order valence-corrected chi connectivity index (χ1v) is 7.16. The van der Waals surface area contributed by atoms with Crippen molar-refractivity contribution < 1.29 is 9.18 Å². The number of rotatable bonds is 4. The Hall–Kier alpha value is -1.41. The van der Waals surface area contributed by atoms with Crippen molar-refractivity contribution in [3.8, 4) is 0 Å². The smallest absolute Gasteiger partial charge is 0.262 e. The summed E-state index contributed by atoms with van der Waals surface area (Å²) in [4.78, 5) is 15.4. The van der Waals surface area contributed by atoms with Crippen molar-refractivity contribution in [2.45, 2.75) is 19.8 Å². The molecule has 2 heterocycles. The van der Waals surface area contributed by atoms with Crippen molar-refractivity contribution in [3.63, 3.8) is 0 Å². The Kier molecular flexibility index (Phi) is 4.54. The molecule has 19 heavy (non-hydrogen) atoms. The highest BCUT2D eigenvalue weighted by Crippen LogP contribution is 2.19. The van der Waals surface area contributed by atoms with Crippen molar-refractivity contribution in [1.82, 2.24) is 15.2 Å². The molecule has 0 bridgehead atoms. The minimum absolute atomic E-state index is 0.137. The minimum Gasteiger partial charge on any atom is -0.296 e. The van der Waals surface area contributed by atoms with Crippen molar-refractivity contribution in [2.75, 3.05) is 5.32 Å². The van der Waals surface area contributed by atoms with Crippen molar-refractivity contribution >= 4 is 38.3 Å². The molecule has 2 rings (SSSR count). The number of nitrogens with zero attached hydrogens (tertiary/aromatic N) is 3. The molecule has 0 aromatic carbocycles. The van der Waals surface area contributed by atoms with E-state index in [9.17, 15) is 9.18 Å². The van der Waals surface area contributed by atoms with Crippen LogP contribution in [0, 0.1) is 5.95 Å². The lowest BCUT2D eigenvalue weighted by molar-refractivity contribution is 0.102. The molecule has 5 nitrogen and oxygen atoms in total. The van der Waals surface area contributed by atoms with Crippen LogP contribution in [0.4, 0.5) is 9.52 Å². The van der Waals surface area contributed by atoms with Crippen LogP contribution in [-0.2, 0) is 6.42 Å². The normalized spacial score (nSPS) is 10.5. The first-order chi connectivity index (χ1) is 9.10. The number of hydrogen-bond donors (Lipinski definition) is 1. The van der Waals surface area contributed by atoms with Gasteiger partial charge >= 0.3 is 0 Å². The standard InChI is InChI=1S/C11H10BrFN4OS/c1-2-3-8-16-17-11(19-8)15-10(18)7-4-6(12)5-14-9(7)13/h4-5H,2-3H2,1H3,(H,15,17,18). The van der Waals surface area contributed by atoms with Gasteiger partial charge in [-0.1, -0.05) is 18.3 Å². The third-order valence-electron chi connectivity index (χ3n) is 2.20. The molecule has 0 unspecified atom stereocenters. The molecule has 0 radical (unpaired) electrons. The van der Waals surface area contributed by atoms with E-state index in [4.69, 9.17) is 0 Å². The zero-order valence-electron chi connectivity index (χ0n) is 9.98. The maximum atomic E-state index is 13.4. The summed E-state index contributed by atoms with van der Waals surface area (Å²) in [6, 6.07) is 1.37. The molecule has 0 aliphatic carbocycles. The molecule has 0 atom stereocenters. The van der Waals surface area contributed by atoms with Crippen molar-refractivity contribution in [1.29, 1.82) is 0 Å². The third-order valence-corrected chi connectivity index (χ3v) is 3.53. The number of anilines is 1. The first-order valence-electron chi connectivity index (χ1n) is 5.55. The zero-order chi connectivity index (χ0) is 13.8. The van der Waals surface area contributed by atoms with Crippen LogP contribution >= 0.6 is 27.3 Å². The minimum atomic E-state index is -0.820. The van der Waals surface area contributed by atoms with Crippen LogP contribution in [0.1, 0.15) is 28.7 Å². The molecule has 2 aromatic heterocycles. The van der Waals surface area contributed by atoms with Crippen LogP contribution in [0.2, 0.25) is 0 Å². The Bertz CT molecular complexity index is 604. The van der Waals surface area contributed by atoms with Gasteiger partial charge in [0.05, 0.1) is 5.56 Å². The van der Waals surface area contributed by atoms with Gasteiger partial charge in [0.15, 0.2) is 0 Å². The summed E-state index contributed by atoms with van der Waals surface area (Å²) in [6.07, 6.45) is 3.05. The van der Waals surface area contributed by atoms with Gasteiger partial charge in [-0.3, -0.25) is 10.1 Å². The quantitative estimate of drug-likeness (QED) is 0.865. The summed E-state index contributed by atoms with van der Waals surface area (Å²) < 4.78 is 14.0. The molecular weight excluding hydrogens is 335 g/mol. The van der Waals surface area contributed by atoms with Gasteiger partial charge < -0.3 is 0 Å². The molecule has 0 fully saturated rings. The molecular formula is C11H10BrFN4OS. The lowest BCUT2D eigenvalue weighted by Gasteiger charge is -2.02. The number of halogens is 2. The van der Waals surface area contributed by atoms with Gasteiger partial charge in [0.1, 0.15) is 5.01 Å². The summed E-state index contributed by atoms with van der Waals surface area (Å²) in [5.41, 5.74) is -0.137. The van der Waals surface area contributed by atoms with Crippen LogP contribution in [0.25, 0.3) is 0 Å². The van der Waals surface area contributed by atoms with Crippen LogP contribution in [-0.4, -0.2) is 21.1 Å². The SMILES string of the molecule is CCCc1nnc(NC(=O)c2cc(Br)cnc2F)s1. The third kappa shape index (κ3) is 3.54. The van der Waals surface area contributed by atoms with Crippen molar-refractivity contribution in [3.05, 3.63) is 33.3 Å². The highest BCUT2D eigenvalue weighted by Gasteiger charge is 2.15. The summed E-state index contributed by atoms with van der Waals surface area (Å²) in [7, 11) is 0. The monoisotopic (exact) mass is 344 g/mol. The number of carbonyl (C=O) groups excluding carboxylic acids is 1. The Morgan fingerprint density at radius 2 is 2.32 bits per heavy atom. The fourth-order valence-electron chi connectivity index (χ4n) is 1.37. The van der Waals surface area contributed by atoms with E-state index in [0.29, 0.717) is 9.60 Å². The molecule has 1 N–H and O–H groups in total. The van der Waals surface area contributed by atoms with E-state index in [1.165, 1.54) is 23.6 Å². The van der Waals surface area contributed by atoms with Gasteiger partial charge in [0.2, 0.25) is 11.1 Å². The topological polar surface area (TPSA) is 67.8 Å². The Morgan fingerprint density at radius 3 is 3.05 bits per heavy atom. The molecule has 0 aliphatic rings. The van der Waals surface area contributed by atoms with E-state index in [2.05, 4.69) is 36.4 Å². The average molecular weight is 345 g/mol.